The largest absolute Gasteiger partial charge is 0.388 e. The molecule has 138 valence electrons. The highest BCUT2D eigenvalue weighted by atomic mass is 19.1. The van der Waals surface area contributed by atoms with Crippen LogP contribution in [0.3, 0.4) is 0 Å². The summed E-state index contributed by atoms with van der Waals surface area (Å²) in [5, 5.41) is 16.8. The lowest BCUT2D eigenvalue weighted by Crippen LogP contribution is -2.39. The van der Waals surface area contributed by atoms with Gasteiger partial charge in [0.25, 0.3) is 0 Å². The van der Waals surface area contributed by atoms with Gasteiger partial charge in [-0.2, -0.15) is 0 Å². The Morgan fingerprint density at radius 2 is 1.92 bits per heavy atom. The third-order valence-corrected chi connectivity index (χ3v) is 4.62. The highest BCUT2D eigenvalue weighted by Gasteiger charge is 2.40. The van der Waals surface area contributed by atoms with E-state index < -0.39 is 6.10 Å². The van der Waals surface area contributed by atoms with Crippen molar-refractivity contribution in [3.8, 4) is 0 Å². The minimum absolute atomic E-state index is 0.144. The zero-order valence-electron chi connectivity index (χ0n) is 15.0. The minimum atomic E-state index is -0.519. The molecule has 2 aromatic rings. The second-order valence-corrected chi connectivity index (χ2v) is 6.59. The molecule has 26 heavy (non-hydrogen) atoms. The van der Waals surface area contributed by atoms with E-state index in [0.717, 1.165) is 30.1 Å². The highest BCUT2D eigenvalue weighted by Crippen LogP contribution is 2.41. The van der Waals surface area contributed by atoms with Gasteiger partial charge < -0.3 is 15.7 Å². The predicted octanol–water partition coefficient (Wildman–Crippen LogP) is 3.36. The Bertz CT molecular complexity index is 735. The fraction of sp³-hybridized carbons (Fsp3) is 0.381. The summed E-state index contributed by atoms with van der Waals surface area (Å²) in [6, 6.07) is 16.8. The van der Waals surface area contributed by atoms with Crippen molar-refractivity contribution >= 4 is 5.96 Å². The first kappa shape index (κ1) is 18.4. The standard InChI is InChI=1S/C21H26FN3O/c1-2-23-21(24-13-12-20(26)15-8-4-3-5-9-15)25-19-14-17(19)16-10-6-7-11-18(16)22/h3-11,17,19-20,26H,2,12-14H2,1H3,(H2,23,24,25). The van der Waals surface area contributed by atoms with Crippen molar-refractivity contribution < 1.29 is 9.50 Å². The molecule has 1 aliphatic rings. The number of rotatable bonds is 7. The number of benzene rings is 2. The Labute approximate surface area is 154 Å². The summed E-state index contributed by atoms with van der Waals surface area (Å²) in [7, 11) is 0. The van der Waals surface area contributed by atoms with Crippen molar-refractivity contribution in [2.75, 3.05) is 13.1 Å². The molecule has 3 unspecified atom stereocenters. The van der Waals surface area contributed by atoms with E-state index >= 15 is 0 Å². The molecule has 1 aliphatic carbocycles. The first-order valence-electron chi connectivity index (χ1n) is 9.21. The van der Waals surface area contributed by atoms with Gasteiger partial charge in [0.2, 0.25) is 0 Å². The Kier molecular flexibility index (Phi) is 6.23. The number of nitrogens with one attached hydrogen (secondary N) is 2. The third-order valence-electron chi connectivity index (χ3n) is 4.62. The Morgan fingerprint density at radius 3 is 2.65 bits per heavy atom. The van der Waals surface area contributed by atoms with Crippen molar-refractivity contribution in [3.05, 3.63) is 71.5 Å². The van der Waals surface area contributed by atoms with Crippen LogP contribution in [0.25, 0.3) is 0 Å². The summed E-state index contributed by atoms with van der Waals surface area (Å²) < 4.78 is 13.9. The molecule has 1 saturated carbocycles. The van der Waals surface area contributed by atoms with Crippen molar-refractivity contribution in [1.82, 2.24) is 10.6 Å². The van der Waals surface area contributed by atoms with Gasteiger partial charge in [-0.05, 0) is 37.0 Å². The van der Waals surface area contributed by atoms with Gasteiger partial charge in [0.15, 0.2) is 5.96 Å². The maximum absolute atomic E-state index is 13.9. The Morgan fingerprint density at radius 1 is 1.19 bits per heavy atom. The van der Waals surface area contributed by atoms with E-state index in [4.69, 9.17) is 0 Å². The van der Waals surface area contributed by atoms with Crippen LogP contribution in [0, 0.1) is 5.82 Å². The molecule has 5 heteroatoms. The fourth-order valence-electron chi connectivity index (χ4n) is 3.11. The summed E-state index contributed by atoms with van der Waals surface area (Å²) >= 11 is 0. The molecule has 0 spiro atoms. The van der Waals surface area contributed by atoms with Crippen LogP contribution in [-0.2, 0) is 0 Å². The zero-order chi connectivity index (χ0) is 18.4. The van der Waals surface area contributed by atoms with Crippen molar-refractivity contribution in [3.63, 3.8) is 0 Å². The van der Waals surface area contributed by atoms with Gasteiger partial charge in [-0.1, -0.05) is 48.5 Å². The van der Waals surface area contributed by atoms with E-state index in [1.807, 2.05) is 49.4 Å². The quantitative estimate of drug-likeness (QED) is 0.527. The lowest BCUT2D eigenvalue weighted by atomic mass is 10.1. The van der Waals surface area contributed by atoms with Crippen LogP contribution in [0.2, 0.25) is 0 Å². The van der Waals surface area contributed by atoms with Gasteiger partial charge in [0.05, 0.1) is 6.10 Å². The van der Waals surface area contributed by atoms with E-state index in [0.29, 0.717) is 13.0 Å². The van der Waals surface area contributed by atoms with Crippen LogP contribution in [0.1, 0.15) is 42.9 Å². The lowest BCUT2D eigenvalue weighted by Gasteiger charge is -2.13. The second kappa shape index (κ2) is 8.81. The number of hydrogen-bond donors (Lipinski definition) is 3. The SMILES string of the molecule is CCNC(=NCCC(O)c1ccccc1)NC1CC1c1ccccc1F. The number of aliphatic hydroxyl groups excluding tert-OH is 1. The highest BCUT2D eigenvalue weighted by molar-refractivity contribution is 5.80. The van der Waals surface area contributed by atoms with E-state index in [1.165, 1.54) is 6.07 Å². The van der Waals surface area contributed by atoms with Crippen LogP contribution in [0.4, 0.5) is 4.39 Å². The van der Waals surface area contributed by atoms with E-state index in [-0.39, 0.29) is 17.8 Å². The second-order valence-electron chi connectivity index (χ2n) is 6.59. The molecule has 2 aromatic carbocycles. The molecule has 3 rings (SSSR count). The van der Waals surface area contributed by atoms with Crippen LogP contribution >= 0.6 is 0 Å². The summed E-state index contributed by atoms with van der Waals surface area (Å²) in [6.45, 7) is 3.28. The van der Waals surface area contributed by atoms with Crippen molar-refractivity contribution in [1.29, 1.82) is 0 Å². The maximum Gasteiger partial charge on any atom is 0.191 e. The number of nitrogens with zero attached hydrogens (tertiary/aromatic N) is 1. The van der Waals surface area contributed by atoms with Gasteiger partial charge >= 0.3 is 0 Å². The van der Waals surface area contributed by atoms with Gasteiger partial charge in [0, 0.05) is 25.0 Å². The molecular formula is C21H26FN3O. The summed E-state index contributed by atoms with van der Waals surface area (Å²) in [5.41, 5.74) is 1.67. The first-order chi connectivity index (χ1) is 12.7. The molecule has 4 nitrogen and oxygen atoms in total. The molecule has 0 heterocycles. The number of guanidine groups is 1. The normalized spacial score (nSPS) is 20.5. The Balaban J connectivity index is 1.53. The Hall–Kier alpha value is -2.40. The minimum Gasteiger partial charge on any atom is -0.388 e. The van der Waals surface area contributed by atoms with Crippen LogP contribution in [0.15, 0.2) is 59.6 Å². The van der Waals surface area contributed by atoms with Crippen LogP contribution in [-0.4, -0.2) is 30.2 Å². The van der Waals surface area contributed by atoms with Crippen molar-refractivity contribution in [2.24, 2.45) is 4.99 Å². The lowest BCUT2D eigenvalue weighted by molar-refractivity contribution is 0.170. The van der Waals surface area contributed by atoms with Crippen molar-refractivity contribution in [2.45, 2.75) is 37.8 Å². The fourth-order valence-corrected chi connectivity index (χ4v) is 3.11. The van der Waals surface area contributed by atoms with Crippen LogP contribution in [0.5, 0.6) is 0 Å². The third kappa shape index (κ3) is 4.82. The number of halogens is 1. The van der Waals surface area contributed by atoms with E-state index in [1.54, 1.807) is 6.07 Å². The smallest absolute Gasteiger partial charge is 0.191 e. The number of hydrogen-bond acceptors (Lipinski definition) is 2. The zero-order valence-corrected chi connectivity index (χ0v) is 15.0. The maximum atomic E-state index is 13.9. The molecular weight excluding hydrogens is 329 g/mol. The number of aliphatic imine (C=N–C) groups is 1. The summed E-state index contributed by atoms with van der Waals surface area (Å²) in [5.74, 6) is 0.765. The van der Waals surface area contributed by atoms with E-state index in [2.05, 4.69) is 15.6 Å². The van der Waals surface area contributed by atoms with Gasteiger partial charge in [-0.25, -0.2) is 4.39 Å². The monoisotopic (exact) mass is 355 g/mol. The van der Waals surface area contributed by atoms with Crippen LogP contribution < -0.4 is 10.6 Å². The molecule has 1 fully saturated rings. The molecule has 0 aromatic heterocycles. The average Bonchev–Trinajstić information content (AvgIpc) is 3.41. The predicted molar refractivity (Wildman–Crippen MR) is 103 cm³/mol. The molecule has 0 aliphatic heterocycles. The topological polar surface area (TPSA) is 56.7 Å². The first-order valence-corrected chi connectivity index (χ1v) is 9.21. The number of aliphatic hydroxyl groups is 1. The molecule has 0 saturated heterocycles. The molecule has 0 radical (unpaired) electrons. The average molecular weight is 355 g/mol. The van der Waals surface area contributed by atoms with Gasteiger partial charge in [-0.3, -0.25) is 4.99 Å². The van der Waals surface area contributed by atoms with Gasteiger partial charge in [0.1, 0.15) is 5.82 Å². The molecule has 3 atom stereocenters. The molecule has 0 bridgehead atoms. The summed E-state index contributed by atoms with van der Waals surface area (Å²) in [6.07, 6.45) is 0.940. The van der Waals surface area contributed by atoms with Gasteiger partial charge in [-0.15, -0.1) is 0 Å². The summed E-state index contributed by atoms with van der Waals surface area (Å²) in [4.78, 5) is 4.55. The molecule has 3 N–H and O–H groups in total. The molecule has 0 amide bonds. The van der Waals surface area contributed by atoms with E-state index in [9.17, 15) is 9.50 Å².